The summed E-state index contributed by atoms with van der Waals surface area (Å²) in [6, 6.07) is 14.5. The zero-order valence-electron chi connectivity index (χ0n) is 23.6. The van der Waals surface area contributed by atoms with E-state index in [0.29, 0.717) is 25.9 Å². The first-order valence-corrected chi connectivity index (χ1v) is 14.0. The average molecular weight is 538 g/mol. The molecule has 3 aromatic heterocycles. The Hall–Kier alpha value is -4.01. The van der Waals surface area contributed by atoms with Crippen molar-refractivity contribution >= 4 is 23.4 Å². The SMILES string of the molecule is C=C/C=C\c1nc(-c2ccccc2CNc2cc(NCC3(O)CCNCC3)nc3c(C(C)C)cnn23)ccc1C. The van der Waals surface area contributed by atoms with Gasteiger partial charge in [-0.25, -0.2) is 9.97 Å². The van der Waals surface area contributed by atoms with E-state index in [1.54, 1.807) is 6.08 Å². The highest BCUT2D eigenvalue weighted by Crippen LogP contribution is 2.28. The molecular formula is C32H39N7O. The van der Waals surface area contributed by atoms with Gasteiger partial charge in [0, 0.05) is 30.3 Å². The van der Waals surface area contributed by atoms with Gasteiger partial charge in [-0.2, -0.15) is 9.61 Å². The smallest absolute Gasteiger partial charge is 0.163 e. The summed E-state index contributed by atoms with van der Waals surface area (Å²) in [6.07, 6.45) is 8.98. The summed E-state index contributed by atoms with van der Waals surface area (Å²) >= 11 is 0. The number of aryl methyl sites for hydroxylation is 1. The maximum absolute atomic E-state index is 11.0. The third kappa shape index (κ3) is 6.08. The van der Waals surface area contributed by atoms with Crippen LogP contribution >= 0.6 is 0 Å². The van der Waals surface area contributed by atoms with Gasteiger partial charge in [0.05, 0.1) is 23.2 Å². The summed E-state index contributed by atoms with van der Waals surface area (Å²) < 4.78 is 1.87. The maximum Gasteiger partial charge on any atom is 0.163 e. The van der Waals surface area contributed by atoms with Gasteiger partial charge in [-0.05, 0) is 62.0 Å². The third-order valence-electron chi connectivity index (χ3n) is 7.53. The highest BCUT2D eigenvalue weighted by atomic mass is 16.3. The molecule has 0 spiro atoms. The maximum atomic E-state index is 11.0. The first-order valence-electron chi connectivity index (χ1n) is 14.0. The van der Waals surface area contributed by atoms with Crippen molar-refractivity contribution in [3.63, 3.8) is 0 Å². The lowest BCUT2D eigenvalue weighted by Crippen LogP contribution is -2.46. The Morgan fingerprint density at radius 2 is 1.93 bits per heavy atom. The number of benzene rings is 1. The lowest BCUT2D eigenvalue weighted by Gasteiger charge is -2.32. The van der Waals surface area contributed by atoms with Crippen LogP contribution in [0.4, 0.5) is 11.6 Å². The van der Waals surface area contributed by atoms with E-state index in [-0.39, 0.29) is 5.92 Å². The van der Waals surface area contributed by atoms with Crippen molar-refractivity contribution in [2.75, 3.05) is 30.3 Å². The monoisotopic (exact) mass is 537 g/mol. The van der Waals surface area contributed by atoms with Gasteiger partial charge in [-0.3, -0.25) is 0 Å². The normalized spacial score (nSPS) is 15.1. The molecule has 0 unspecified atom stereocenters. The molecule has 0 radical (unpaired) electrons. The van der Waals surface area contributed by atoms with Gasteiger partial charge >= 0.3 is 0 Å². The molecule has 4 heterocycles. The molecule has 0 atom stereocenters. The van der Waals surface area contributed by atoms with E-state index in [0.717, 1.165) is 64.0 Å². The Bertz CT molecular complexity index is 1520. The first kappa shape index (κ1) is 27.6. The number of nitrogens with one attached hydrogen (secondary N) is 3. The Kier molecular flexibility index (Phi) is 8.28. The number of aliphatic hydroxyl groups is 1. The summed E-state index contributed by atoms with van der Waals surface area (Å²) in [6.45, 7) is 12.8. The van der Waals surface area contributed by atoms with Crippen molar-refractivity contribution in [1.82, 2.24) is 24.9 Å². The fraction of sp³-hybridized carbons (Fsp3) is 0.344. The van der Waals surface area contributed by atoms with Crippen molar-refractivity contribution in [2.45, 2.75) is 51.7 Å². The van der Waals surface area contributed by atoms with Gasteiger partial charge in [0.25, 0.3) is 0 Å². The molecule has 1 aliphatic heterocycles. The van der Waals surface area contributed by atoms with E-state index >= 15 is 0 Å². The number of fused-ring (bicyclic) bond motifs is 1. The number of aromatic nitrogens is 4. The van der Waals surface area contributed by atoms with Crippen LogP contribution in [0.25, 0.3) is 23.0 Å². The number of rotatable bonds is 10. The van der Waals surface area contributed by atoms with Crippen molar-refractivity contribution in [3.05, 3.63) is 89.8 Å². The van der Waals surface area contributed by atoms with Crippen molar-refractivity contribution < 1.29 is 5.11 Å². The lowest BCUT2D eigenvalue weighted by molar-refractivity contribution is 0.0231. The molecule has 0 saturated carbocycles. The number of hydrogen-bond donors (Lipinski definition) is 4. The number of hydrogen-bond acceptors (Lipinski definition) is 7. The Morgan fingerprint density at radius 1 is 1.12 bits per heavy atom. The van der Waals surface area contributed by atoms with Gasteiger partial charge in [-0.1, -0.05) is 62.9 Å². The summed E-state index contributed by atoms with van der Waals surface area (Å²) in [4.78, 5) is 9.82. The summed E-state index contributed by atoms with van der Waals surface area (Å²) in [5, 5.41) is 26.0. The number of nitrogens with zero attached hydrogens (tertiary/aromatic N) is 4. The molecule has 0 bridgehead atoms. The molecule has 0 aliphatic carbocycles. The van der Waals surface area contributed by atoms with Crippen LogP contribution in [0.1, 0.15) is 55.0 Å². The highest BCUT2D eigenvalue weighted by molar-refractivity contribution is 5.67. The van der Waals surface area contributed by atoms with Gasteiger partial charge in [0.1, 0.15) is 11.6 Å². The molecule has 4 aromatic rings. The second kappa shape index (κ2) is 12.0. The zero-order valence-corrected chi connectivity index (χ0v) is 23.6. The first-order chi connectivity index (χ1) is 19.4. The molecule has 0 amide bonds. The van der Waals surface area contributed by atoms with E-state index < -0.39 is 5.60 Å². The van der Waals surface area contributed by atoms with Gasteiger partial charge in [0.2, 0.25) is 0 Å². The second-order valence-corrected chi connectivity index (χ2v) is 10.8. The predicted molar refractivity (Wildman–Crippen MR) is 164 cm³/mol. The third-order valence-corrected chi connectivity index (χ3v) is 7.53. The van der Waals surface area contributed by atoms with E-state index in [4.69, 9.17) is 9.97 Å². The van der Waals surface area contributed by atoms with Crippen LogP contribution < -0.4 is 16.0 Å². The summed E-state index contributed by atoms with van der Waals surface area (Å²) in [5.41, 5.74) is 6.31. The standard InChI is InChI=1S/C32H39N7O/c1-5-6-11-27-23(4)12-13-28(37-27)25-10-8-7-9-24(25)19-34-30-18-29(35-21-32(40)14-16-33-17-15-32)38-31-26(22(2)3)20-36-39(30)31/h5-13,18,20,22,33-34,40H,1,14-17,19,21H2,2-4H3,(H,35,38)/b11-6-. The molecule has 5 rings (SSSR count). The van der Waals surface area contributed by atoms with Gasteiger partial charge in [0.15, 0.2) is 5.65 Å². The number of anilines is 2. The largest absolute Gasteiger partial charge is 0.388 e. The molecule has 8 heteroatoms. The van der Waals surface area contributed by atoms with Crippen molar-refractivity contribution in [1.29, 1.82) is 0 Å². The van der Waals surface area contributed by atoms with E-state index in [9.17, 15) is 5.11 Å². The highest BCUT2D eigenvalue weighted by Gasteiger charge is 2.29. The topological polar surface area (TPSA) is 99.4 Å². The lowest BCUT2D eigenvalue weighted by atomic mass is 9.92. The number of pyridine rings is 1. The minimum atomic E-state index is -0.743. The van der Waals surface area contributed by atoms with Gasteiger partial charge in [-0.15, -0.1) is 0 Å². The predicted octanol–water partition coefficient (Wildman–Crippen LogP) is 5.56. The molecule has 4 N–H and O–H groups in total. The van der Waals surface area contributed by atoms with Crippen LogP contribution in [0.2, 0.25) is 0 Å². The quantitative estimate of drug-likeness (QED) is 0.197. The molecule has 8 nitrogen and oxygen atoms in total. The fourth-order valence-corrected chi connectivity index (χ4v) is 5.06. The molecule has 208 valence electrons. The molecule has 1 fully saturated rings. The van der Waals surface area contributed by atoms with E-state index in [1.807, 2.05) is 41.1 Å². The van der Waals surface area contributed by atoms with Crippen LogP contribution in [-0.4, -0.2) is 49.9 Å². The molecule has 1 aliphatic rings. The molecule has 1 aromatic carbocycles. The molecule has 1 saturated heterocycles. The molecular weight excluding hydrogens is 498 g/mol. The van der Waals surface area contributed by atoms with Crippen LogP contribution in [0.15, 0.2) is 67.4 Å². The van der Waals surface area contributed by atoms with E-state index in [1.165, 1.54) is 0 Å². The second-order valence-electron chi connectivity index (χ2n) is 10.8. The fourth-order valence-electron chi connectivity index (χ4n) is 5.06. The Balaban J connectivity index is 1.44. The van der Waals surface area contributed by atoms with Gasteiger partial charge < -0.3 is 21.1 Å². The zero-order chi connectivity index (χ0) is 28.1. The number of allylic oxidation sites excluding steroid dienone is 2. The van der Waals surface area contributed by atoms with E-state index in [2.05, 4.69) is 72.7 Å². The summed E-state index contributed by atoms with van der Waals surface area (Å²) in [5.74, 6) is 1.83. The average Bonchev–Trinajstić information content (AvgIpc) is 3.40. The van der Waals surface area contributed by atoms with Crippen LogP contribution in [0.3, 0.4) is 0 Å². The van der Waals surface area contributed by atoms with Crippen molar-refractivity contribution in [3.8, 4) is 11.3 Å². The van der Waals surface area contributed by atoms with Crippen LogP contribution in [0, 0.1) is 6.92 Å². The minimum Gasteiger partial charge on any atom is -0.388 e. The van der Waals surface area contributed by atoms with Crippen molar-refractivity contribution in [2.24, 2.45) is 0 Å². The Labute approximate surface area is 236 Å². The summed E-state index contributed by atoms with van der Waals surface area (Å²) in [7, 11) is 0. The Morgan fingerprint density at radius 3 is 2.70 bits per heavy atom. The number of piperidine rings is 1. The van der Waals surface area contributed by atoms with Crippen LogP contribution in [0.5, 0.6) is 0 Å². The molecule has 40 heavy (non-hydrogen) atoms. The van der Waals surface area contributed by atoms with Crippen LogP contribution in [-0.2, 0) is 6.54 Å². The minimum absolute atomic E-state index is 0.277.